The van der Waals surface area contributed by atoms with E-state index in [1.807, 2.05) is 54.6 Å². The van der Waals surface area contributed by atoms with E-state index in [0.29, 0.717) is 5.56 Å². The maximum atomic E-state index is 12.4. The van der Waals surface area contributed by atoms with Crippen LogP contribution >= 0.6 is 0 Å². The number of nitrogens with zero attached hydrogens (tertiary/aromatic N) is 1. The minimum Gasteiger partial charge on any atom is -0.468 e. The molecule has 3 aromatic rings. The number of aromatic nitrogens is 1. The van der Waals surface area contributed by atoms with E-state index in [2.05, 4.69) is 0 Å². The number of fused-ring (bicyclic) bond motifs is 1. The van der Waals surface area contributed by atoms with Crippen LogP contribution in [0.15, 0.2) is 60.8 Å². The number of hydrogen-bond donors (Lipinski definition) is 0. The van der Waals surface area contributed by atoms with Gasteiger partial charge in [-0.2, -0.15) is 0 Å². The van der Waals surface area contributed by atoms with Crippen molar-refractivity contribution in [2.75, 3.05) is 7.11 Å². The predicted octanol–water partition coefficient (Wildman–Crippen LogP) is 3.17. The fraction of sp³-hybridized carbons (Fsp3) is 0.158. The van der Waals surface area contributed by atoms with Crippen LogP contribution in [0.2, 0.25) is 0 Å². The third-order valence-electron chi connectivity index (χ3n) is 3.75. The smallest absolute Gasteiger partial charge is 0.340 e. The summed E-state index contributed by atoms with van der Waals surface area (Å²) >= 11 is 0. The zero-order valence-corrected chi connectivity index (χ0v) is 13.3. The van der Waals surface area contributed by atoms with Gasteiger partial charge in [0, 0.05) is 17.1 Å². The number of esters is 2. The van der Waals surface area contributed by atoms with Crippen LogP contribution in [0, 0.1) is 0 Å². The molecule has 0 radical (unpaired) electrons. The van der Waals surface area contributed by atoms with Crippen LogP contribution in [0.25, 0.3) is 10.9 Å². The van der Waals surface area contributed by atoms with Crippen LogP contribution in [0.4, 0.5) is 0 Å². The number of benzene rings is 2. The Kier molecular flexibility index (Phi) is 4.61. The van der Waals surface area contributed by atoms with Crippen LogP contribution < -0.4 is 0 Å². The standard InChI is InChI=1S/C19H17NO4/c1-23-18(21)12-20-11-16(15-9-5-6-10-17(15)20)19(22)24-13-14-7-3-2-4-8-14/h2-11H,12-13H2,1H3. The average molecular weight is 323 g/mol. The first-order chi connectivity index (χ1) is 11.7. The lowest BCUT2D eigenvalue weighted by Crippen LogP contribution is -2.10. The topological polar surface area (TPSA) is 57.5 Å². The number of ether oxygens (including phenoxy) is 2. The molecule has 122 valence electrons. The maximum Gasteiger partial charge on any atom is 0.340 e. The third-order valence-corrected chi connectivity index (χ3v) is 3.75. The molecule has 0 bridgehead atoms. The van der Waals surface area contributed by atoms with Crippen molar-refractivity contribution in [3.05, 3.63) is 71.9 Å². The lowest BCUT2D eigenvalue weighted by Gasteiger charge is -2.04. The fourth-order valence-corrected chi connectivity index (χ4v) is 2.54. The first kappa shape index (κ1) is 15.8. The molecule has 0 atom stereocenters. The van der Waals surface area contributed by atoms with Gasteiger partial charge in [-0.1, -0.05) is 48.5 Å². The van der Waals surface area contributed by atoms with Crippen LogP contribution in [-0.4, -0.2) is 23.6 Å². The summed E-state index contributed by atoms with van der Waals surface area (Å²) in [6.45, 7) is 0.249. The molecule has 0 fully saturated rings. The first-order valence-corrected chi connectivity index (χ1v) is 7.55. The zero-order chi connectivity index (χ0) is 16.9. The molecule has 0 amide bonds. The number of para-hydroxylation sites is 1. The van der Waals surface area contributed by atoms with Crippen molar-refractivity contribution >= 4 is 22.8 Å². The minimum atomic E-state index is -0.418. The second-order valence-corrected chi connectivity index (χ2v) is 5.33. The minimum absolute atomic E-state index is 0.0446. The van der Waals surface area contributed by atoms with Crippen molar-refractivity contribution in [3.63, 3.8) is 0 Å². The SMILES string of the molecule is COC(=O)Cn1cc(C(=O)OCc2ccccc2)c2ccccc21. The van der Waals surface area contributed by atoms with Crippen LogP contribution in [0.3, 0.4) is 0 Å². The molecule has 0 aliphatic carbocycles. The molecular weight excluding hydrogens is 306 g/mol. The van der Waals surface area contributed by atoms with E-state index >= 15 is 0 Å². The van der Waals surface area contributed by atoms with E-state index in [0.717, 1.165) is 16.5 Å². The highest BCUT2D eigenvalue weighted by molar-refractivity contribution is 6.04. The van der Waals surface area contributed by atoms with E-state index in [4.69, 9.17) is 9.47 Å². The van der Waals surface area contributed by atoms with Crippen molar-refractivity contribution < 1.29 is 19.1 Å². The highest BCUT2D eigenvalue weighted by atomic mass is 16.5. The lowest BCUT2D eigenvalue weighted by molar-refractivity contribution is -0.141. The molecule has 2 aromatic carbocycles. The fourth-order valence-electron chi connectivity index (χ4n) is 2.54. The Morgan fingerprint density at radius 1 is 1.00 bits per heavy atom. The molecule has 1 heterocycles. The Bertz CT molecular complexity index is 867. The Morgan fingerprint density at radius 2 is 1.71 bits per heavy atom. The van der Waals surface area contributed by atoms with Gasteiger partial charge in [0.2, 0.25) is 0 Å². The van der Waals surface area contributed by atoms with E-state index in [-0.39, 0.29) is 19.1 Å². The van der Waals surface area contributed by atoms with Crippen LogP contribution in [-0.2, 0) is 27.4 Å². The van der Waals surface area contributed by atoms with Gasteiger partial charge in [0.25, 0.3) is 0 Å². The van der Waals surface area contributed by atoms with Gasteiger partial charge in [-0.05, 0) is 11.6 Å². The number of methoxy groups -OCH3 is 1. The molecule has 0 N–H and O–H groups in total. The molecule has 0 unspecified atom stereocenters. The highest BCUT2D eigenvalue weighted by Crippen LogP contribution is 2.22. The molecular formula is C19H17NO4. The van der Waals surface area contributed by atoms with Crippen molar-refractivity contribution in [2.45, 2.75) is 13.2 Å². The molecule has 1 aromatic heterocycles. The van der Waals surface area contributed by atoms with E-state index in [1.165, 1.54) is 7.11 Å². The quantitative estimate of drug-likeness (QED) is 0.677. The van der Waals surface area contributed by atoms with Crippen molar-refractivity contribution in [3.8, 4) is 0 Å². The summed E-state index contributed by atoms with van der Waals surface area (Å²) in [5.41, 5.74) is 2.14. The maximum absolute atomic E-state index is 12.4. The second kappa shape index (κ2) is 7.00. The van der Waals surface area contributed by atoms with Crippen LogP contribution in [0.5, 0.6) is 0 Å². The van der Waals surface area contributed by atoms with Gasteiger partial charge in [0.15, 0.2) is 0 Å². The summed E-state index contributed by atoms with van der Waals surface area (Å²) in [5.74, 6) is -0.793. The third kappa shape index (κ3) is 3.30. The summed E-state index contributed by atoms with van der Waals surface area (Å²) in [5, 5.41) is 0.750. The molecule has 5 heteroatoms. The predicted molar refractivity (Wildman–Crippen MR) is 89.5 cm³/mol. The van der Waals surface area contributed by atoms with Gasteiger partial charge in [0.1, 0.15) is 13.2 Å². The van der Waals surface area contributed by atoms with E-state index in [9.17, 15) is 9.59 Å². The van der Waals surface area contributed by atoms with Crippen LogP contribution in [0.1, 0.15) is 15.9 Å². The number of carbonyl (C=O) groups is 2. The van der Waals surface area contributed by atoms with Gasteiger partial charge in [-0.3, -0.25) is 4.79 Å². The number of carbonyl (C=O) groups excluding carboxylic acids is 2. The number of rotatable bonds is 5. The Balaban J connectivity index is 1.85. The first-order valence-electron chi connectivity index (χ1n) is 7.55. The average Bonchev–Trinajstić information content (AvgIpc) is 2.99. The van der Waals surface area contributed by atoms with Crippen molar-refractivity contribution in [2.24, 2.45) is 0 Å². The Labute approximate surface area is 139 Å². The van der Waals surface area contributed by atoms with Crippen molar-refractivity contribution in [1.82, 2.24) is 4.57 Å². The molecule has 0 saturated carbocycles. The Hall–Kier alpha value is -3.08. The van der Waals surface area contributed by atoms with Gasteiger partial charge in [-0.15, -0.1) is 0 Å². The molecule has 0 aliphatic heterocycles. The molecule has 24 heavy (non-hydrogen) atoms. The molecule has 0 saturated heterocycles. The lowest BCUT2D eigenvalue weighted by atomic mass is 10.2. The normalized spacial score (nSPS) is 10.5. The summed E-state index contributed by atoms with van der Waals surface area (Å²) in [7, 11) is 1.34. The molecule has 0 spiro atoms. The molecule has 5 nitrogen and oxygen atoms in total. The van der Waals surface area contributed by atoms with E-state index in [1.54, 1.807) is 10.8 Å². The van der Waals surface area contributed by atoms with Crippen molar-refractivity contribution in [1.29, 1.82) is 0 Å². The monoisotopic (exact) mass is 323 g/mol. The van der Waals surface area contributed by atoms with Gasteiger partial charge < -0.3 is 14.0 Å². The van der Waals surface area contributed by atoms with Gasteiger partial charge >= 0.3 is 11.9 Å². The summed E-state index contributed by atoms with van der Waals surface area (Å²) in [6, 6.07) is 16.9. The summed E-state index contributed by atoms with van der Waals surface area (Å²) in [4.78, 5) is 24.0. The molecule has 3 rings (SSSR count). The zero-order valence-electron chi connectivity index (χ0n) is 13.3. The summed E-state index contributed by atoms with van der Waals surface area (Å²) < 4.78 is 11.8. The van der Waals surface area contributed by atoms with Gasteiger partial charge in [0.05, 0.1) is 12.7 Å². The second-order valence-electron chi connectivity index (χ2n) is 5.33. The Morgan fingerprint density at radius 3 is 2.46 bits per heavy atom. The highest BCUT2D eigenvalue weighted by Gasteiger charge is 2.17. The summed E-state index contributed by atoms with van der Waals surface area (Å²) in [6.07, 6.45) is 1.63. The van der Waals surface area contributed by atoms with Gasteiger partial charge in [-0.25, -0.2) is 4.79 Å². The molecule has 0 aliphatic rings. The largest absolute Gasteiger partial charge is 0.468 e. The number of hydrogen-bond acceptors (Lipinski definition) is 4. The van der Waals surface area contributed by atoms with E-state index < -0.39 is 5.97 Å².